The first-order valence-electron chi connectivity index (χ1n) is 3.63. The molecule has 3 heteroatoms. The SMILES string of the molecule is CSc1cccc(C(C)N)c1.Cl. The average Bonchev–Trinajstić information content (AvgIpc) is 2.05. The Balaban J connectivity index is 0.00000121. The molecule has 0 radical (unpaired) electrons. The number of hydrogen-bond acceptors (Lipinski definition) is 2. The molecule has 1 atom stereocenters. The molecule has 1 aromatic rings. The molecule has 12 heavy (non-hydrogen) atoms. The Bertz CT molecular complexity index is 238. The highest BCUT2D eigenvalue weighted by Gasteiger charge is 1.98. The number of hydrogen-bond donors (Lipinski definition) is 1. The Hall–Kier alpha value is -0.180. The summed E-state index contributed by atoms with van der Waals surface area (Å²) in [6, 6.07) is 8.47. The normalized spacial score (nSPS) is 11.9. The van der Waals surface area contributed by atoms with Gasteiger partial charge in [-0.3, -0.25) is 0 Å². The Morgan fingerprint density at radius 3 is 2.58 bits per heavy atom. The van der Waals surface area contributed by atoms with Gasteiger partial charge in [-0.15, -0.1) is 24.2 Å². The molecule has 0 amide bonds. The fourth-order valence-corrected chi connectivity index (χ4v) is 1.39. The highest BCUT2D eigenvalue weighted by molar-refractivity contribution is 7.98. The van der Waals surface area contributed by atoms with Crippen molar-refractivity contribution in [3.05, 3.63) is 29.8 Å². The first-order valence-corrected chi connectivity index (χ1v) is 4.86. The van der Waals surface area contributed by atoms with Crippen LogP contribution in [0.2, 0.25) is 0 Å². The predicted octanol–water partition coefficient (Wildman–Crippen LogP) is 2.85. The molecule has 0 saturated heterocycles. The van der Waals surface area contributed by atoms with Gasteiger partial charge in [0.15, 0.2) is 0 Å². The van der Waals surface area contributed by atoms with Gasteiger partial charge in [-0.25, -0.2) is 0 Å². The van der Waals surface area contributed by atoms with Gasteiger partial charge in [-0.2, -0.15) is 0 Å². The van der Waals surface area contributed by atoms with Crippen molar-refractivity contribution in [2.75, 3.05) is 6.26 Å². The minimum atomic E-state index is 0. The molecule has 0 spiro atoms. The number of nitrogens with two attached hydrogens (primary N) is 1. The standard InChI is InChI=1S/C9H13NS.ClH/c1-7(10)8-4-3-5-9(6-8)11-2;/h3-7H,10H2,1-2H3;1H. The van der Waals surface area contributed by atoms with E-state index in [1.807, 2.05) is 13.0 Å². The first-order chi connectivity index (χ1) is 5.24. The lowest BCUT2D eigenvalue weighted by Crippen LogP contribution is -2.04. The summed E-state index contributed by atoms with van der Waals surface area (Å²) >= 11 is 1.74. The van der Waals surface area contributed by atoms with Gasteiger partial charge in [0.25, 0.3) is 0 Å². The van der Waals surface area contributed by atoms with E-state index in [1.165, 1.54) is 10.5 Å². The van der Waals surface area contributed by atoms with Gasteiger partial charge in [0.2, 0.25) is 0 Å². The maximum Gasteiger partial charge on any atom is 0.0266 e. The molecule has 1 rings (SSSR count). The maximum absolute atomic E-state index is 5.73. The Labute approximate surface area is 84.1 Å². The fourth-order valence-electron chi connectivity index (χ4n) is 0.925. The molecular weight excluding hydrogens is 190 g/mol. The third-order valence-electron chi connectivity index (χ3n) is 1.62. The van der Waals surface area contributed by atoms with E-state index in [4.69, 9.17) is 5.73 Å². The second kappa shape index (κ2) is 5.46. The molecule has 0 heterocycles. The van der Waals surface area contributed by atoms with E-state index in [9.17, 15) is 0 Å². The van der Waals surface area contributed by atoms with Crippen molar-refractivity contribution in [3.63, 3.8) is 0 Å². The summed E-state index contributed by atoms with van der Waals surface area (Å²) in [5, 5.41) is 0. The van der Waals surface area contributed by atoms with Crippen molar-refractivity contribution >= 4 is 24.2 Å². The van der Waals surface area contributed by atoms with E-state index >= 15 is 0 Å². The summed E-state index contributed by atoms with van der Waals surface area (Å²) in [5.74, 6) is 0. The van der Waals surface area contributed by atoms with Crippen LogP contribution in [0.15, 0.2) is 29.2 Å². The quantitative estimate of drug-likeness (QED) is 0.749. The minimum Gasteiger partial charge on any atom is -0.324 e. The minimum absolute atomic E-state index is 0. The molecule has 0 bridgehead atoms. The highest BCUT2D eigenvalue weighted by Crippen LogP contribution is 2.18. The summed E-state index contributed by atoms with van der Waals surface area (Å²) in [6.07, 6.45) is 2.07. The summed E-state index contributed by atoms with van der Waals surface area (Å²) in [7, 11) is 0. The van der Waals surface area contributed by atoms with Gasteiger partial charge in [-0.1, -0.05) is 12.1 Å². The van der Waals surface area contributed by atoms with Crippen LogP contribution in [0.4, 0.5) is 0 Å². The summed E-state index contributed by atoms with van der Waals surface area (Å²) in [6.45, 7) is 2.00. The van der Waals surface area contributed by atoms with Crippen molar-refractivity contribution in [1.82, 2.24) is 0 Å². The van der Waals surface area contributed by atoms with Crippen LogP contribution in [0.3, 0.4) is 0 Å². The molecule has 0 aliphatic rings. The first kappa shape index (κ1) is 11.8. The molecule has 0 fully saturated rings. The number of benzene rings is 1. The number of thioether (sulfide) groups is 1. The van der Waals surface area contributed by atoms with Crippen molar-refractivity contribution in [2.24, 2.45) is 5.73 Å². The number of rotatable bonds is 2. The molecule has 1 unspecified atom stereocenters. The molecule has 1 nitrogen and oxygen atoms in total. The van der Waals surface area contributed by atoms with E-state index in [1.54, 1.807) is 11.8 Å². The molecule has 0 aromatic heterocycles. The molecule has 0 saturated carbocycles. The molecule has 0 aliphatic carbocycles. The van der Waals surface area contributed by atoms with Crippen molar-refractivity contribution in [3.8, 4) is 0 Å². The van der Waals surface area contributed by atoms with Crippen LogP contribution in [0.25, 0.3) is 0 Å². The smallest absolute Gasteiger partial charge is 0.0266 e. The Morgan fingerprint density at radius 1 is 1.42 bits per heavy atom. The van der Waals surface area contributed by atoms with Crippen LogP contribution in [-0.2, 0) is 0 Å². The van der Waals surface area contributed by atoms with Crippen molar-refractivity contribution in [2.45, 2.75) is 17.9 Å². The zero-order valence-electron chi connectivity index (χ0n) is 7.28. The number of halogens is 1. The second-order valence-corrected chi connectivity index (χ2v) is 3.44. The van der Waals surface area contributed by atoms with E-state index in [0.29, 0.717) is 0 Å². The third kappa shape index (κ3) is 3.05. The molecule has 2 N–H and O–H groups in total. The summed E-state index contributed by atoms with van der Waals surface area (Å²) in [5.41, 5.74) is 6.93. The lowest BCUT2D eigenvalue weighted by atomic mass is 10.1. The van der Waals surface area contributed by atoms with E-state index < -0.39 is 0 Å². The molecule has 0 aliphatic heterocycles. The lowest BCUT2D eigenvalue weighted by Gasteiger charge is -2.05. The van der Waals surface area contributed by atoms with Crippen molar-refractivity contribution < 1.29 is 0 Å². The summed E-state index contributed by atoms with van der Waals surface area (Å²) in [4.78, 5) is 1.28. The van der Waals surface area contributed by atoms with Crippen molar-refractivity contribution in [1.29, 1.82) is 0 Å². The van der Waals surface area contributed by atoms with Gasteiger partial charge in [0.1, 0.15) is 0 Å². The van der Waals surface area contributed by atoms with E-state index in [2.05, 4.69) is 24.5 Å². The lowest BCUT2D eigenvalue weighted by molar-refractivity contribution is 0.815. The maximum atomic E-state index is 5.73. The van der Waals surface area contributed by atoms with Crippen LogP contribution in [-0.4, -0.2) is 6.26 Å². The zero-order valence-corrected chi connectivity index (χ0v) is 8.91. The third-order valence-corrected chi connectivity index (χ3v) is 2.34. The van der Waals surface area contributed by atoms with Crippen LogP contribution in [0.5, 0.6) is 0 Å². The molecule has 68 valence electrons. The van der Waals surface area contributed by atoms with Crippen LogP contribution < -0.4 is 5.73 Å². The second-order valence-electron chi connectivity index (χ2n) is 2.57. The zero-order chi connectivity index (χ0) is 8.27. The summed E-state index contributed by atoms with van der Waals surface area (Å²) < 4.78 is 0. The Kier molecular flexibility index (Phi) is 5.38. The largest absolute Gasteiger partial charge is 0.324 e. The average molecular weight is 204 g/mol. The van der Waals surface area contributed by atoms with Gasteiger partial charge in [0, 0.05) is 10.9 Å². The highest BCUT2D eigenvalue weighted by atomic mass is 35.5. The van der Waals surface area contributed by atoms with Gasteiger partial charge < -0.3 is 5.73 Å². The topological polar surface area (TPSA) is 26.0 Å². The van der Waals surface area contributed by atoms with Crippen LogP contribution in [0, 0.1) is 0 Å². The van der Waals surface area contributed by atoms with E-state index in [0.717, 1.165) is 0 Å². The molecular formula is C9H14ClNS. The predicted molar refractivity (Wildman–Crippen MR) is 58.1 cm³/mol. The Morgan fingerprint density at radius 2 is 2.08 bits per heavy atom. The molecule has 1 aromatic carbocycles. The van der Waals surface area contributed by atoms with E-state index in [-0.39, 0.29) is 18.4 Å². The van der Waals surface area contributed by atoms with Gasteiger partial charge in [-0.05, 0) is 30.9 Å². The van der Waals surface area contributed by atoms with Crippen LogP contribution in [0.1, 0.15) is 18.5 Å². The fraction of sp³-hybridized carbons (Fsp3) is 0.333. The van der Waals surface area contributed by atoms with Gasteiger partial charge in [0.05, 0.1) is 0 Å². The van der Waals surface area contributed by atoms with Crippen LogP contribution >= 0.6 is 24.2 Å². The van der Waals surface area contributed by atoms with Gasteiger partial charge >= 0.3 is 0 Å². The monoisotopic (exact) mass is 203 g/mol.